The van der Waals surface area contributed by atoms with Gasteiger partial charge in [0.05, 0.1) is 24.5 Å². The predicted octanol–water partition coefficient (Wildman–Crippen LogP) is 5.90. The van der Waals surface area contributed by atoms with E-state index in [1.54, 1.807) is 6.07 Å². The summed E-state index contributed by atoms with van der Waals surface area (Å²) < 4.78 is 46.7. The summed E-state index contributed by atoms with van der Waals surface area (Å²) in [6.45, 7) is 10.6. The molecule has 1 aromatic carbocycles. The van der Waals surface area contributed by atoms with E-state index >= 15 is 0 Å². The summed E-state index contributed by atoms with van der Waals surface area (Å²) in [6, 6.07) is 10.4. The number of aromatic nitrogens is 3. The van der Waals surface area contributed by atoms with Gasteiger partial charge < -0.3 is 19.9 Å². The third-order valence-corrected chi connectivity index (χ3v) is 9.45. The highest BCUT2D eigenvalue weighted by Crippen LogP contribution is 2.33. The van der Waals surface area contributed by atoms with E-state index < -0.39 is 12.6 Å². The number of halogens is 3. The van der Waals surface area contributed by atoms with Crippen LogP contribution in [0.15, 0.2) is 42.9 Å². The minimum Gasteiger partial charge on any atom is -0.384 e. The molecule has 1 atom stereocenters. The van der Waals surface area contributed by atoms with E-state index in [0.717, 1.165) is 73.4 Å². The van der Waals surface area contributed by atoms with Crippen molar-refractivity contribution in [3.63, 3.8) is 0 Å². The van der Waals surface area contributed by atoms with Gasteiger partial charge in [0, 0.05) is 60.2 Å². The van der Waals surface area contributed by atoms with Crippen LogP contribution < -0.4 is 10.6 Å². The number of thiophene rings is 1. The molecule has 43 heavy (non-hydrogen) atoms. The van der Waals surface area contributed by atoms with Crippen LogP contribution in [0.1, 0.15) is 41.0 Å². The Hall–Kier alpha value is -3.66. The minimum atomic E-state index is -4.25. The Bertz CT molecular complexity index is 1670. The van der Waals surface area contributed by atoms with Crippen LogP contribution in [0.3, 0.4) is 0 Å². The lowest BCUT2D eigenvalue weighted by molar-refractivity contribution is -0.126. The lowest BCUT2D eigenvalue weighted by atomic mass is 10.0. The molecule has 0 spiro atoms. The summed E-state index contributed by atoms with van der Waals surface area (Å²) >= 11 is 1.07. The minimum absolute atomic E-state index is 0.0877. The van der Waals surface area contributed by atoms with E-state index in [1.807, 2.05) is 6.07 Å². The Morgan fingerprint density at radius 2 is 2.02 bits per heavy atom. The van der Waals surface area contributed by atoms with Gasteiger partial charge in [0.25, 0.3) is 0 Å². The van der Waals surface area contributed by atoms with E-state index in [2.05, 4.69) is 61.8 Å². The third kappa shape index (κ3) is 6.64. The summed E-state index contributed by atoms with van der Waals surface area (Å²) in [5.41, 5.74) is 5.06. The van der Waals surface area contributed by atoms with Crippen LogP contribution in [0.4, 0.5) is 19.0 Å². The summed E-state index contributed by atoms with van der Waals surface area (Å²) in [5.74, 6) is 0.601. The Balaban J connectivity index is 1.08. The predicted molar refractivity (Wildman–Crippen MR) is 162 cm³/mol. The molecule has 0 bridgehead atoms. The van der Waals surface area contributed by atoms with Gasteiger partial charge in [-0.25, -0.2) is 9.97 Å². The Kier molecular flexibility index (Phi) is 8.31. The molecular formula is C31H34F3N7OS. The molecule has 3 aromatic heterocycles. The highest BCUT2D eigenvalue weighted by Gasteiger charge is 2.29. The van der Waals surface area contributed by atoms with Crippen LogP contribution in [-0.2, 0) is 24.2 Å². The number of hydrogen-bond acceptors (Lipinski definition) is 8. The van der Waals surface area contributed by atoms with Gasteiger partial charge in [-0.3, -0.25) is 4.90 Å². The van der Waals surface area contributed by atoms with Crippen LogP contribution in [0, 0.1) is 18.3 Å². The van der Waals surface area contributed by atoms with Crippen molar-refractivity contribution in [2.75, 3.05) is 31.6 Å². The molecule has 8 nitrogen and oxygen atoms in total. The van der Waals surface area contributed by atoms with E-state index in [-0.39, 0.29) is 17.0 Å². The van der Waals surface area contributed by atoms with Gasteiger partial charge in [-0.1, -0.05) is 12.6 Å². The van der Waals surface area contributed by atoms with E-state index in [9.17, 15) is 18.4 Å². The van der Waals surface area contributed by atoms with Crippen molar-refractivity contribution < 1.29 is 17.9 Å². The molecule has 0 amide bonds. The maximum atomic E-state index is 12.9. The number of anilines is 1. The summed E-state index contributed by atoms with van der Waals surface area (Å²) in [6.07, 6.45) is -1.11. The van der Waals surface area contributed by atoms with Gasteiger partial charge in [0.15, 0.2) is 0 Å². The highest BCUT2D eigenvalue weighted by molar-refractivity contribution is 7.18. The van der Waals surface area contributed by atoms with Crippen molar-refractivity contribution in [3.8, 4) is 6.07 Å². The van der Waals surface area contributed by atoms with Crippen molar-refractivity contribution in [1.82, 2.24) is 24.8 Å². The molecule has 4 aromatic rings. The van der Waals surface area contributed by atoms with Crippen LogP contribution in [-0.4, -0.2) is 64.0 Å². The van der Waals surface area contributed by atoms with Crippen LogP contribution in [0.25, 0.3) is 21.1 Å². The fraction of sp³-hybridized carbons (Fsp3) is 0.452. The quantitative estimate of drug-likeness (QED) is 0.257. The van der Waals surface area contributed by atoms with Gasteiger partial charge in [-0.2, -0.15) is 18.4 Å². The monoisotopic (exact) mass is 609 g/mol. The first-order chi connectivity index (χ1) is 20.7. The summed E-state index contributed by atoms with van der Waals surface area (Å²) in [7, 11) is 0. The number of ether oxygens (including phenoxy) is 1. The first kappa shape index (κ1) is 29.4. The molecule has 0 aliphatic carbocycles. The average Bonchev–Trinajstić information content (AvgIpc) is 3.55. The number of rotatable bonds is 8. The second kappa shape index (κ2) is 12.1. The number of aryl methyl sites for hydroxylation is 2. The molecule has 0 unspecified atom stereocenters. The fourth-order valence-corrected chi connectivity index (χ4v) is 7.07. The molecule has 0 radical (unpaired) electrons. The molecule has 0 saturated carbocycles. The largest absolute Gasteiger partial charge is 0.393 e. The standard InChI is InChI=1S/C31H34F3N7OS/c1-19-17-42-24(15-36-19)7-10-41-23(14-35)11-26-20(2)21(3-4-28(26)41)16-40-8-5-22(6-9-40)39-29-27-12-25(13-31(32,33)34)43-30(27)38-18-37-29/h3-4,11-12,18,22,24,36H,1,5-10,13,15-17H2,2H3,(H,37,38,39)/t24-/m0/s1. The van der Waals surface area contributed by atoms with E-state index in [4.69, 9.17) is 4.74 Å². The number of nitrogens with zero attached hydrogens (tertiary/aromatic N) is 5. The molecule has 2 aliphatic rings. The smallest absolute Gasteiger partial charge is 0.384 e. The zero-order valence-electron chi connectivity index (χ0n) is 24.0. The molecule has 2 fully saturated rings. The number of benzene rings is 1. The molecule has 2 aliphatic heterocycles. The lowest BCUT2D eigenvalue weighted by Gasteiger charge is -2.33. The SMILES string of the molecule is C=C1CO[C@@H](CCn2c(C#N)cc3c(C)c(CN4CCC(Nc5ncnc6sc(CC(F)(F)F)cc56)CC4)ccc32)CN1. The lowest BCUT2D eigenvalue weighted by Crippen LogP contribution is -2.39. The van der Waals surface area contributed by atoms with Crippen LogP contribution >= 0.6 is 11.3 Å². The topological polar surface area (TPSA) is 91.0 Å². The number of piperidine rings is 1. The van der Waals surface area contributed by atoms with Gasteiger partial charge >= 0.3 is 6.18 Å². The molecule has 226 valence electrons. The van der Waals surface area contributed by atoms with Crippen molar-refractivity contribution in [3.05, 3.63) is 64.6 Å². The normalized spacial score (nSPS) is 18.7. The number of alkyl halides is 3. The second-order valence-corrected chi connectivity index (χ2v) is 12.5. The van der Waals surface area contributed by atoms with E-state index in [0.29, 0.717) is 34.9 Å². The third-order valence-electron chi connectivity index (χ3n) is 8.41. The van der Waals surface area contributed by atoms with Crippen molar-refractivity contribution in [2.45, 2.75) is 64.0 Å². The van der Waals surface area contributed by atoms with Gasteiger partial charge in [-0.15, -0.1) is 11.3 Å². The number of morpholine rings is 1. The maximum absolute atomic E-state index is 12.9. The zero-order valence-corrected chi connectivity index (χ0v) is 24.8. The molecular weight excluding hydrogens is 575 g/mol. The number of fused-ring (bicyclic) bond motifs is 2. The van der Waals surface area contributed by atoms with Crippen molar-refractivity contribution in [1.29, 1.82) is 5.26 Å². The Morgan fingerprint density at radius 3 is 2.74 bits per heavy atom. The van der Waals surface area contributed by atoms with E-state index in [1.165, 1.54) is 17.5 Å². The summed E-state index contributed by atoms with van der Waals surface area (Å²) in [5, 5.41) is 18.4. The Labute approximate surface area is 252 Å². The van der Waals surface area contributed by atoms with Gasteiger partial charge in [-0.05, 0) is 55.5 Å². The molecule has 12 heteroatoms. The van der Waals surface area contributed by atoms with Crippen LogP contribution in [0.2, 0.25) is 0 Å². The molecule has 5 heterocycles. The first-order valence-corrected chi connectivity index (χ1v) is 15.3. The van der Waals surface area contributed by atoms with Crippen molar-refractivity contribution >= 4 is 38.3 Å². The second-order valence-electron chi connectivity index (χ2n) is 11.4. The maximum Gasteiger partial charge on any atom is 0.393 e. The number of likely N-dealkylation sites (tertiary alicyclic amines) is 1. The van der Waals surface area contributed by atoms with Crippen LogP contribution in [0.5, 0.6) is 0 Å². The fourth-order valence-electron chi connectivity index (χ4n) is 6.05. The molecule has 2 N–H and O–H groups in total. The van der Waals surface area contributed by atoms with Gasteiger partial charge in [0.1, 0.15) is 28.7 Å². The Morgan fingerprint density at radius 1 is 1.21 bits per heavy atom. The van der Waals surface area contributed by atoms with Crippen molar-refractivity contribution in [2.24, 2.45) is 0 Å². The summed E-state index contributed by atoms with van der Waals surface area (Å²) in [4.78, 5) is 11.8. The highest BCUT2D eigenvalue weighted by atomic mass is 32.1. The molecule has 2 saturated heterocycles. The number of nitriles is 1. The zero-order chi connectivity index (χ0) is 30.1. The molecule has 6 rings (SSSR count). The first-order valence-electron chi connectivity index (χ1n) is 14.5. The number of hydrogen-bond donors (Lipinski definition) is 2. The average molecular weight is 610 g/mol. The van der Waals surface area contributed by atoms with Gasteiger partial charge in [0.2, 0.25) is 0 Å². The number of nitrogens with one attached hydrogen (secondary N) is 2.